The number of ether oxygens (including phenoxy) is 6. The number of nitrogens with two attached hydrogens (primary N) is 6. The number of aromatic amines is 3. The molecule has 9 saturated heterocycles. The predicted octanol–water partition coefficient (Wildman–Crippen LogP) is -0.759. The van der Waals surface area contributed by atoms with Crippen LogP contribution < -0.4 is 51.1 Å². The Kier molecular flexibility index (Phi) is 24.0. The first kappa shape index (κ1) is 91.8. The number of halogens is 3. The molecule has 9 aliphatic heterocycles. The van der Waals surface area contributed by atoms with E-state index in [4.69, 9.17) is 117 Å². The molecular formula is C61H71F3N30O33P6. The smallest absolute Gasteiger partial charge is 0.382 e. The molecule has 0 aliphatic carbocycles. The summed E-state index contributed by atoms with van der Waals surface area (Å²) in [5, 5.41) is 0. The van der Waals surface area contributed by atoms with Gasteiger partial charge >= 0.3 is 46.9 Å². The van der Waals surface area contributed by atoms with Gasteiger partial charge in [0.15, 0.2) is 118 Å². The van der Waals surface area contributed by atoms with Gasteiger partial charge in [0.25, 0.3) is 16.7 Å². The van der Waals surface area contributed by atoms with Crippen LogP contribution in [0.3, 0.4) is 0 Å². The fourth-order valence-electron chi connectivity index (χ4n) is 16.1. The first-order valence-corrected chi connectivity index (χ1v) is 47.8. The van der Waals surface area contributed by atoms with Crippen LogP contribution in [0.15, 0.2) is 71.3 Å². The van der Waals surface area contributed by atoms with Crippen molar-refractivity contribution in [3.05, 3.63) is 88.0 Å². The molecule has 9 fully saturated rings. The van der Waals surface area contributed by atoms with E-state index in [1.165, 1.54) is 45.3 Å². The maximum Gasteiger partial charge on any atom is 0.472 e. The summed E-state index contributed by atoms with van der Waals surface area (Å²) in [6.07, 6.45) is -21.7. The molecule has 21 heterocycles. The Morgan fingerprint density at radius 1 is 0.323 bits per heavy atom. The number of nitrogens with one attached hydrogen (secondary N) is 3. The molecule has 10 unspecified atom stereocenters. The summed E-state index contributed by atoms with van der Waals surface area (Å²) in [5.74, 6) is -1.27. The van der Waals surface area contributed by atoms with Crippen molar-refractivity contribution in [2.75, 3.05) is 74.0 Å². The fourth-order valence-corrected chi connectivity index (χ4v) is 21.8. The van der Waals surface area contributed by atoms with Crippen LogP contribution in [0.1, 0.15) is 57.1 Å². The molecule has 0 saturated carbocycles. The summed E-state index contributed by atoms with van der Waals surface area (Å²) in [7, 11) is -30.0. The molecule has 6 bridgehead atoms. The second kappa shape index (κ2) is 34.8. The Morgan fingerprint density at radius 3 is 0.985 bits per heavy atom. The molecule has 12 aromatic heterocycles. The van der Waals surface area contributed by atoms with Crippen LogP contribution in [0.5, 0.6) is 0 Å². The summed E-state index contributed by atoms with van der Waals surface area (Å²) < 4.78 is 231. The van der Waals surface area contributed by atoms with E-state index in [0.29, 0.717) is 11.2 Å². The van der Waals surface area contributed by atoms with E-state index in [-0.39, 0.29) is 104 Å². The SMILES string of the molecule is C[C@@H]1[C@@H]2OP(=O)(O)OC[C@@H]3C[C@@H](OP(=O)(O)OC[C@H]2O[C@H]1n1cnc2c(N)ncnc21)[C@H](n1cnc2c(=O)[nH]c(N)nc21)O3.Nc1nc2c(ncn2[C@@H]2O[C@@H]3COP(=O)(O)O[C@@H]4C(F)[C@H](n5cnc6c(N)ncnc65)O[C@@H]4COP(=O)(O)OC2C3)c(=O)[nH]1.Nc1nc2c(ncn2[C@@H]2O[C@@H]3COP(=O)(O)O[C@@H]4C(F)[C@H](n5cnc6c(N)ncnc65)O[C@@H]4COP(=O)(O)OC2[C@H]3F)c(=O)[nH]1. The standard InChI is InChI=1S/C21H26N10O11P2.C20H22F2N10O11P2.C20H23FN10O11P2/c1-8-14-11(40-19(8)30-6-26-12-15(22)24-5-25-16(12)30)4-38-43(33,34)41-10-2-9(3-37-44(35,36)42-14)39-20(10)31-7-27-13-17(31)28-21(23)29-18(13)32;21-8-6-1-38-44(34,35)42-12-7(41-18(9(12)22)31-4-27-10-14(23)25-3-26-15(10)31)2-39-45(36,37)43-13(8)19(40-6)32-5-28-11-16(32)29-20(24)30-17(11)33;21-10-13-9(40-19(10)30-5-26-11-14(22)24-4-25-15(11)30)3-38-43(33,34)41-8-1-7(2-37-44(35,36)42-13)39-18(8)31-6-27-12-16(31)28-20(23)29-17(12)32/h5-11,14,19-20H,2-4H2,1H3,(H,33,34)(H,35,36)(H2,22,24,25)(H3,23,28,29,32);3-9,12-13,18-19H,1-2H2,(H,34,35)(H,36,37)(H2,23,25,26)(H3,24,29,30,33);4-10,13,18-19H,1-3H2,(H,33,34)(H,35,36)(H2,22,24,25)(H3,23,28,29,32)/t8-,9+,10-,11-,14+,19-,20-;6-,7-,8+,9?,12+,13?,18-,19-;7-,8?,9+,10?,13-,18+,19+/m110/s1. The van der Waals surface area contributed by atoms with Crippen LogP contribution in [0.25, 0.3) is 67.0 Å². The predicted molar refractivity (Wildman–Crippen MR) is 427 cm³/mol. The first-order chi connectivity index (χ1) is 63.1. The molecule has 0 amide bonds. The second-order valence-corrected chi connectivity index (χ2v) is 38.9. The number of aromatic nitrogens is 24. The quantitative estimate of drug-likeness (QED) is 0.0910. The first-order valence-electron chi connectivity index (χ1n) is 38.8. The fraction of sp³-hybridized carbons (Fsp3) is 0.508. The van der Waals surface area contributed by atoms with Crippen LogP contribution in [-0.2, 0) is 110 Å². The zero-order valence-corrected chi connectivity index (χ0v) is 72.3. The Morgan fingerprint density at radius 2 is 0.609 bits per heavy atom. The highest BCUT2D eigenvalue weighted by Gasteiger charge is 2.58. The van der Waals surface area contributed by atoms with Gasteiger partial charge in [-0.1, -0.05) is 6.92 Å². The van der Waals surface area contributed by atoms with Crippen molar-refractivity contribution in [1.29, 1.82) is 0 Å². The highest BCUT2D eigenvalue weighted by Crippen LogP contribution is 2.59. The van der Waals surface area contributed by atoms with Gasteiger partial charge in [0.05, 0.1) is 89.8 Å². The number of nitrogens with zero attached hydrogens (tertiary/aromatic N) is 21. The Balaban J connectivity index is 0.000000129. The Labute approximate surface area is 733 Å². The molecule has 21 rings (SSSR count). The van der Waals surface area contributed by atoms with Gasteiger partial charge in [-0.2, -0.15) is 15.0 Å². The summed E-state index contributed by atoms with van der Waals surface area (Å²) >= 11 is 0. The van der Waals surface area contributed by atoms with Crippen molar-refractivity contribution in [2.24, 2.45) is 5.92 Å². The van der Waals surface area contributed by atoms with E-state index in [0.717, 1.165) is 39.0 Å². The van der Waals surface area contributed by atoms with Gasteiger partial charge in [0, 0.05) is 18.8 Å². The summed E-state index contributed by atoms with van der Waals surface area (Å²) in [6, 6.07) is 0. The second-order valence-electron chi connectivity index (χ2n) is 30.4. The van der Waals surface area contributed by atoms with Gasteiger partial charge in [0.2, 0.25) is 17.8 Å². The maximum absolute atomic E-state index is 15.9. The number of H-pyrrole nitrogens is 3. The van der Waals surface area contributed by atoms with E-state index in [2.05, 4.69) is 89.7 Å². The molecule has 714 valence electrons. The van der Waals surface area contributed by atoms with Gasteiger partial charge < -0.3 is 92.2 Å². The largest absolute Gasteiger partial charge is 0.472 e. The number of fused-ring (bicyclic) bond motifs is 15. The van der Waals surface area contributed by atoms with Crippen molar-refractivity contribution in [3.8, 4) is 0 Å². The average molecular weight is 2000 g/mol. The van der Waals surface area contributed by atoms with Crippen LogP contribution in [0.4, 0.5) is 48.5 Å². The number of anilines is 6. The minimum absolute atomic E-state index is 0.0127. The third-order valence-electron chi connectivity index (χ3n) is 21.9. The van der Waals surface area contributed by atoms with Crippen LogP contribution in [-0.4, -0.2) is 278 Å². The molecule has 0 spiro atoms. The molecule has 133 heavy (non-hydrogen) atoms. The highest BCUT2D eigenvalue weighted by molar-refractivity contribution is 7.48. The topological polar surface area (TPSA) is 868 Å². The monoisotopic (exact) mass is 1990 g/mol. The average Bonchev–Trinajstić information content (AvgIpc) is 1.61. The van der Waals surface area contributed by atoms with Gasteiger partial charge in [-0.3, -0.25) is 111 Å². The normalized spacial score (nSPS) is 36.9. The molecule has 0 aromatic carbocycles. The summed E-state index contributed by atoms with van der Waals surface area (Å²) in [6.45, 7) is -2.75. The zero-order chi connectivity index (χ0) is 93.8. The number of phosphoric ester groups is 6. The van der Waals surface area contributed by atoms with Crippen LogP contribution >= 0.6 is 46.9 Å². The van der Waals surface area contributed by atoms with Crippen molar-refractivity contribution in [2.45, 2.75) is 149 Å². The van der Waals surface area contributed by atoms with E-state index >= 15 is 13.2 Å². The van der Waals surface area contributed by atoms with Gasteiger partial charge in [-0.15, -0.1) is 0 Å². The Bertz CT molecular complexity index is 6770. The van der Waals surface area contributed by atoms with Gasteiger partial charge in [-0.05, 0) is 0 Å². The van der Waals surface area contributed by atoms with Crippen LogP contribution in [0, 0.1) is 5.92 Å². The minimum Gasteiger partial charge on any atom is -0.382 e. The third-order valence-corrected chi connectivity index (χ3v) is 27.9. The van der Waals surface area contributed by atoms with E-state index in [9.17, 15) is 71.1 Å². The van der Waals surface area contributed by atoms with E-state index < -0.39 is 238 Å². The number of hydrogen-bond donors (Lipinski definition) is 15. The van der Waals surface area contributed by atoms with Crippen LogP contribution in [0.2, 0.25) is 0 Å². The van der Waals surface area contributed by atoms with Crippen molar-refractivity contribution in [1.82, 2.24) is 117 Å². The lowest BCUT2D eigenvalue weighted by molar-refractivity contribution is -0.0670. The lowest BCUT2D eigenvalue weighted by Crippen LogP contribution is -2.34. The molecule has 0 radical (unpaired) electrons. The van der Waals surface area contributed by atoms with Crippen molar-refractivity contribution in [3.63, 3.8) is 0 Å². The van der Waals surface area contributed by atoms with Gasteiger partial charge in [-0.25, -0.2) is 100 Å². The number of alkyl halides is 3. The lowest BCUT2D eigenvalue weighted by Gasteiger charge is -2.26. The van der Waals surface area contributed by atoms with Crippen molar-refractivity contribution >= 4 is 149 Å². The summed E-state index contributed by atoms with van der Waals surface area (Å²) in [4.78, 5) is 167. The number of hydrogen-bond acceptors (Lipinski definition) is 48. The molecule has 63 nitrogen and oxygen atoms in total. The molecule has 12 aromatic rings. The third kappa shape index (κ3) is 18.0. The van der Waals surface area contributed by atoms with Crippen molar-refractivity contribution < 1.29 is 153 Å². The maximum atomic E-state index is 15.9. The number of phosphoric acid groups is 6. The van der Waals surface area contributed by atoms with E-state index in [1.54, 1.807) is 6.92 Å². The summed E-state index contributed by atoms with van der Waals surface area (Å²) in [5.41, 5.74) is 32.9. The molecule has 9 aliphatic rings. The van der Waals surface area contributed by atoms with Gasteiger partial charge in [0.1, 0.15) is 103 Å². The lowest BCUT2D eigenvalue weighted by atomic mass is 10.0. The highest BCUT2D eigenvalue weighted by atomic mass is 31.2. The number of nitrogen functional groups attached to an aromatic ring is 6. The number of imidazole rings is 6. The molecule has 72 heteroatoms. The zero-order valence-electron chi connectivity index (χ0n) is 66.9. The van der Waals surface area contributed by atoms with E-state index in [1.807, 2.05) is 0 Å². The number of rotatable bonds is 6. The minimum atomic E-state index is -5.23. The molecular weight excluding hydrogens is 1920 g/mol. The molecule has 21 N–H and O–H groups in total. The molecule has 28 atom stereocenters. The Hall–Kier alpha value is -10.3.